The van der Waals surface area contributed by atoms with Crippen molar-refractivity contribution in [3.63, 3.8) is 0 Å². The van der Waals surface area contributed by atoms with E-state index in [1.54, 1.807) is 31.4 Å². The Balaban J connectivity index is 1.95. The molecule has 1 aliphatic rings. The Morgan fingerprint density at radius 1 is 1.13 bits per heavy atom. The third-order valence-corrected chi connectivity index (χ3v) is 5.03. The summed E-state index contributed by atoms with van der Waals surface area (Å²) < 4.78 is 25.4. The fourth-order valence-electron chi connectivity index (χ4n) is 3.56. The molecule has 8 nitrogen and oxygen atoms in total. The van der Waals surface area contributed by atoms with Crippen molar-refractivity contribution in [1.29, 1.82) is 0 Å². The lowest BCUT2D eigenvalue weighted by Crippen LogP contribution is -2.47. The number of ether oxygens (including phenoxy) is 2. The van der Waals surface area contributed by atoms with Gasteiger partial charge in [-0.05, 0) is 30.7 Å². The second-order valence-corrected chi connectivity index (χ2v) is 6.63. The van der Waals surface area contributed by atoms with Crippen LogP contribution in [0.5, 0.6) is 5.75 Å². The number of esters is 1. The Bertz CT molecular complexity index is 1150. The van der Waals surface area contributed by atoms with Crippen LogP contribution in [0.4, 0.5) is 20.7 Å². The maximum absolute atomic E-state index is 15.5. The van der Waals surface area contributed by atoms with Crippen LogP contribution in [0.15, 0.2) is 36.7 Å². The molecule has 4 rings (SSSR count). The quantitative estimate of drug-likeness (QED) is 0.599. The SMILES string of the molecule is CCN1C(=O)N(Cc2ccc(OC)cc2)c2c(F)c(C(=O)OC)cc3ncnc1c23. The van der Waals surface area contributed by atoms with Crippen LogP contribution in [0, 0.1) is 5.82 Å². The van der Waals surface area contributed by atoms with E-state index in [1.165, 1.54) is 29.3 Å². The molecule has 3 aromatic rings. The zero-order valence-corrected chi connectivity index (χ0v) is 16.7. The Morgan fingerprint density at radius 3 is 2.50 bits per heavy atom. The topological polar surface area (TPSA) is 84.9 Å². The van der Waals surface area contributed by atoms with Crippen LogP contribution >= 0.6 is 0 Å². The van der Waals surface area contributed by atoms with Crippen molar-refractivity contribution < 1.29 is 23.5 Å². The van der Waals surface area contributed by atoms with Crippen molar-refractivity contribution in [2.24, 2.45) is 0 Å². The highest BCUT2D eigenvalue weighted by molar-refractivity contribution is 6.19. The minimum absolute atomic E-state index is 0.0333. The predicted octanol–water partition coefficient (Wildman–Crippen LogP) is 3.53. The minimum Gasteiger partial charge on any atom is -0.497 e. The molecule has 0 unspecified atom stereocenters. The number of rotatable bonds is 5. The van der Waals surface area contributed by atoms with Crippen molar-refractivity contribution in [1.82, 2.24) is 9.97 Å². The number of benzene rings is 2. The zero-order valence-electron chi connectivity index (χ0n) is 16.7. The summed E-state index contributed by atoms with van der Waals surface area (Å²) in [6.07, 6.45) is 1.29. The van der Waals surface area contributed by atoms with Crippen molar-refractivity contribution in [3.05, 3.63) is 53.6 Å². The van der Waals surface area contributed by atoms with Crippen molar-refractivity contribution in [3.8, 4) is 5.75 Å². The van der Waals surface area contributed by atoms with E-state index in [-0.39, 0.29) is 17.8 Å². The van der Waals surface area contributed by atoms with E-state index in [1.807, 2.05) is 6.92 Å². The molecule has 30 heavy (non-hydrogen) atoms. The molecule has 0 aliphatic carbocycles. The summed E-state index contributed by atoms with van der Waals surface area (Å²) in [5.74, 6) is -0.716. The Hall–Kier alpha value is -3.75. The lowest BCUT2D eigenvalue weighted by molar-refractivity contribution is 0.0595. The number of hydrogen-bond donors (Lipinski definition) is 0. The van der Waals surface area contributed by atoms with Gasteiger partial charge < -0.3 is 9.47 Å². The fraction of sp³-hybridized carbons (Fsp3) is 0.238. The summed E-state index contributed by atoms with van der Waals surface area (Å²) in [6, 6.07) is 7.98. The normalized spacial score (nSPS) is 13.0. The smallest absolute Gasteiger partial charge is 0.341 e. The Kier molecular flexibility index (Phi) is 4.94. The first-order chi connectivity index (χ1) is 14.5. The second kappa shape index (κ2) is 7.58. The second-order valence-electron chi connectivity index (χ2n) is 6.63. The third kappa shape index (κ3) is 2.99. The molecule has 9 heteroatoms. The summed E-state index contributed by atoms with van der Waals surface area (Å²) in [7, 11) is 2.73. The van der Waals surface area contributed by atoms with Gasteiger partial charge in [0.1, 0.15) is 17.9 Å². The van der Waals surface area contributed by atoms with Gasteiger partial charge in [0.05, 0.1) is 42.9 Å². The van der Waals surface area contributed by atoms with E-state index < -0.39 is 17.8 Å². The zero-order chi connectivity index (χ0) is 21.4. The first kappa shape index (κ1) is 19.6. The summed E-state index contributed by atoms with van der Waals surface area (Å²) in [4.78, 5) is 36.6. The molecule has 0 saturated carbocycles. The van der Waals surface area contributed by atoms with E-state index in [4.69, 9.17) is 9.47 Å². The van der Waals surface area contributed by atoms with Gasteiger partial charge in [-0.15, -0.1) is 0 Å². The molecule has 0 saturated heterocycles. The first-order valence-corrected chi connectivity index (χ1v) is 9.27. The lowest BCUT2D eigenvalue weighted by atomic mass is 10.0. The molecule has 2 aromatic carbocycles. The molecule has 2 heterocycles. The van der Waals surface area contributed by atoms with Crippen LogP contribution in [0.3, 0.4) is 0 Å². The molecule has 154 valence electrons. The van der Waals surface area contributed by atoms with Crippen LogP contribution in [0.25, 0.3) is 10.9 Å². The number of carbonyl (C=O) groups is 2. The van der Waals surface area contributed by atoms with E-state index in [0.717, 1.165) is 5.56 Å². The molecule has 0 radical (unpaired) electrons. The number of urea groups is 1. The Labute approximate surface area is 171 Å². The maximum Gasteiger partial charge on any atom is 0.341 e. The van der Waals surface area contributed by atoms with Gasteiger partial charge in [0.25, 0.3) is 0 Å². The summed E-state index contributed by atoms with van der Waals surface area (Å²) in [6.45, 7) is 2.23. The lowest BCUT2D eigenvalue weighted by Gasteiger charge is -2.36. The highest BCUT2D eigenvalue weighted by Gasteiger charge is 2.37. The monoisotopic (exact) mass is 410 g/mol. The minimum atomic E-state index is -0.847. The van der Waals surface area contributed by atoms with Gasteiger partial charge in [0.2, 0.25) is 0 Å². The number of methoxy groups -OCH3 is 2. The molecule has 1 aliphatic heterocycles. The Morgan fingerprint density at radius 2 is 1.87 bits per heavy atom. The summed E-state index contributed by atoms with van der Waals surface area (Å²) in [5, 5.41) is 0.373. The van der Waals surface area contributed by atoms with Crippen LogP contribution < -0.4 is 14.5 Å². The molecule has 2 amide bonds. The number of anilines is 2. The van der Waals surface area contributed by atoms with Gasteiger partial charge in [-0.1, -0.05) is 12.1 Å². The standard InChI is InChI=1S/C21H19FN4O4/c1-4-25-19-16-15(23-11-24-19)9-14(20(27)30-3)17(22)18(16)26(21(25)28)10-12-5-7-13(29-2)8-6-12/h5-9,11H,4,10H2,1-3H3. The van der Waals surface area contributed by atoms with Gasteiger partial charge in [-0.25, -0.2) is 23.9 Å². The third-order valence-electron chi connectivity index (χ3n) is 5.03. The summed E-state index contributed by atoms with van der Waals surface area (Å²) >= 11 is 0. The average Bonchev–Trinajstić information content (AvgIpc) is 2.77. The van der Waals surface area contributed by atoms with Crippen LogP contribution in [0.1, 0.15) is 22.8 Å². The first-order valence-electron chi connectivity index (χ1n) is 9.27. The molecule has 0 fully saturated rings. The highest BCUT2D eigenvalue weighted by Crippen LogP contribution is 2.41. The average molecular weight is 410 g/mol. The van der Waals surface area contributed by atoms with Crippen LogP contribution in [-0.2, 0) is 11.3 Å². The van der Waals surface area contributed by atoms with Gasteiger partial charge in [0, 0.05) is 6.54 Å². The van der Waals surface area contributed by atoms with Gasteiger partial charge in [0.15, 0.2) is 5.82 Å². The van der Waals surface area contributed by atoms with Gasteiger partial charge in [-0.3, -0.25) is 9.80 Å². The number of nitrogens with zero attached hydrogens (tertiary/aromatic N) is 4. The van der Waals surface area contributed by atoms with Crippen molar-refractivity contribution in [2.45, 2.75) is 13.5 Å². The fourth-order valence-corrected chi connectivity index (χ4v) is 3.56. The molecular formula is C21H19FN4O4. The number of aromatic nitrogens is 2. The number of amides is 2. The molecule has 0 N–H and O–H groups in total. The van der Waals surface area contributed by atoms with E-state index in [0.29, 0.717) is 29.0 Å². The van der Waals surface area contributed by atoms with E-state index in [9.17, 15) is 9.59 Å². The molecule has 0 spiro atoms. The predicted molar refractivity (Wildman–Crippen MR) is 108 cm³/mol. The van der Waals surface area contributed by atoms with Crippen LogP contribution in [-0.4, -0.2) is 42.7 Å². The van der Waals surface area contributed by atoms with E-state index >= 15 is 4.39 Å². The maximum atomic E-state index is 15.5. The highest BCUT2D eigenvalue weighted by atomic mass is 19.1. The molecular weight excluding hydrogens is 391 g/mol. The van der Waals surface area contributed by atoms with Crippen LogP contribution in [0.2, 0.25) is 0 Å². The summed E-state index contributed by atoms with van der Waals surface area (Å²) in [5.41, 5.74) is 0.787. The largest absolute Gasteiger partial charge is 0.497 e. The molecule has 1 aromatic heterocycles. The molecule has 0 bridgehead atoms. The van der Waals surface area contributed by atoms with Crippen molar-refractivity contribution in [2.75, 3.05) is 30.6 Å². The van der Waals surface area contributed by atoms with Gasteiger partial charge >= 0.3 is 12.0 Å². The molecule has 0 atom stereocenters. The van der Waals surface area contributed by atoms with E-state index in [2.05, 4.69) is 9.97 Å². The van der Waals surface area contributed by atoms with Gasteiger partial charge in [-0.2, -0.15) is 0 Å². The van der Waals surface area contributed by atoms with Crippen molar-refractivity contribution >= 4 is 34.4 Å². The number of halogens is 1. The number of carbonyl (C=O) groups excluding carboxylic acids is 2. The number of hydrogen-bond acceptors (Lipinski definition) is 6.